The van der Waals surface area contributed by atoms with E-state index in [0.29, 0.717) is 0 Å². The van der Waals surface area contributed by atoms with Gasteiger partial charge in [-0.3, -0.25) is 0 Å². The van der Waals surface area contributed by atoms with Crippen LogP contribution in [0.3, 0.4) is 0 Å². The van der Waals surface area contributed by atoms with Crippen molar-refractivity contribution in [2.24, 2.45) is 11.8 Å². The van der Waals surface area contributed by atoms with E-state index in [2.05, 4.69) is 24.1 Å². The van der Waals surface area contributed by atoms with Gasteiger partial charge >= 0.3 is 0 Å². The minimum absolute atomic E-state index is 0.763. The summed E-state index contributed by atoms with van der Waals surface area (Å²) in [7, 11) is 0. The van der Waals surface area contributed by atoms with Gasteiger partial charge in [0.05, 0.1) is 0 Å². The zero-order chi connectivity index (χ0) is 12.1. The molecule has 0 aromatic heterocycles. The molecule has 1 saturated heterocycles. The summed E-state index contributed by atoms with van der Waals surface area (Å²) in [6, 6.07) is 0.763. The van der Waals surface area contributed by atoms with Crippen molar-refractivity contribution in [1.29, 1.82) is 0 Å². The first-order valence-corrected chi connectivity index (χ1v) is 7.75. The molecule has 2 aliphatic rings. The van der Waals surface area contributed by atoms with E-state index in [0.717, 1.165) is 17.9 Å². The molecule has 2 nitrogen and oxygen atoms in total. The fraction of sp³-hybridized carbons (Fsp3) is 1.00. The van der Waals surface area contributed by atoms with Gasteiger partial charge in [0, 0.05) is 12.6 Å². The van der Waals surface area contributed by atoms with Crippen molar-refractivity contribution in [3.8, 4) is 0 Å². The third kappa shape index (κ3) is 3.96. The maximum absolute atomic E-state index is 3.67. The lowest BCUT2D eigenvalue weighted by Gasteiger charge is -2.31. The van der Waals surface area contributed by atoms with Crippen molar-refractivity contribution < 1.29 is 0 Å². The summed E-state index contributed by atoms with van der Waals surface area (Å²) < 4.78 is 0. The summed E-state index contributed by atoms with van der Waals surface area (Å²) in [5, 5.41) is 3.67. The number of rotatable bonds is 3. The monoisotopic (exact) mass is 238 g/mol. The highest BCUT2D eigenvalue weighted by molar-refractivity contribution is 4.79. The van der Waals surface area contributed by atoms with E-state index in [1.807, 2.05) is 0 Å². The molecule has 17 heavy (non-hydrogen) atoms. The lowest BCUT2D eigenvalue weighted by molar-refractivity contribution is 0.185. The van der Waals surface area contributed by atoms with Gasteiger partial charge in [0.25, 0.3) is 0 Å². The second-order valence-corrected chi connectivity index (χ2v) is 6.17. The van der Waals surface area contributed by atoms with Crippen LogP contribution in [-0.4, -0.2) is 37.1 Å². The number of hydrogen-bond donors (Lipinski definition) is 1. The van der Waals surface area contributed by atoms with E-state index in [-0.39, 0.29) is 0 Å². The molecule has 1 saturated carbocycles. The molecular weight excluding hydrogens is 208 g/mol. The quantitative estimate of drug-likeness (QED) is 0.813. The second kappa shape index (κ2) is 6.75. The Morgan fingerprint density at radius 2 is 2.00 bits per heavy atom. The third-order valence-electron chi connectivity index (χ3n) is 4.90. The third-order valence-corrected chi connectivity index (χ3v) is 4.90. The summed E-state index contributed by atoms with van der Waals surface area (Å²) in [5.74, 6) is 1.96. The lowest BCUT2D eigenvalue weighted by Crippen LogP contribution is -2.41. The molecule has 1 heterocycles. The Kier molecular flexibility index (Phi) is 5.30. The average molecular weight is 238 g/mol. The molecule has 2 heteroatoms. The van der Waals surface area contributed by atoms with Crippen LogP contribution in [0.2, 0.25) is 0 Å². The van der Waals surface area contributed by atoms with Crippen molar-refractivity contribution in [3.05, 3.63) is 0 Å². The molecule has 0 aromatic carbocycles. The Balaban J connectivity index is 1.78. The second-order valence-electron chi connectivity index (χ2n) is 6.17. The van der Waals surface area contributed by atoms with Gasteiger partial charge < -0.3 is 10.2 Å². The molecule has 1 aliphatic heterocycles. The van der Waals surface area contributed by atoms with Gasteiger partial charge in [0.1, 0.15) is 0 Å². The fourth-order valence-electron chi connectivity index (χ4n) is 3.52. The minimum atomic E-state index is 0.763. The standard InChI is InChI=1S/C15H30N2/c1-3-15-8-11-17(10-5-9-16-15)12-14-7-4-6-13(14)2/h13-16H,3-12H2,1-2H3. The van der Waals surface area contributed by atoms with Crippen LogP contribution in [0.4, 0.5) is 0 Å². The van der Waals surface area contributed by atoms with Gasteiger partial charge in [0.2, 0.25) is 0 Å². The predicted octanol–water partition coefficient (Wildman–Crippen LogP) is 2.89. The van der Waals surface area contributed by atoms with E-state index >= 15 is 0 Å². The molecule has 0 aromatic rings. The first-order valence-electron chi connectivity index (χ1n) is 7.75. The SMILES string of the molecule is CCC1CCN(CC2CCCC2C)CCCN1. The molecule has 0 amide bonds. The lowest BCUT2D eigenvalue weighted by atomic mass is 9.97. The van der Waals surface area contributed by atoms with Crippen LogP contribution in [0.15, 0.2) is 0 Å². The van der Waals surface area contributed by atoms with Crippen molar-refractivity contribution in [2.45, 2.75) is 58.4 Å². The zero-order valence-electron chi connectivity index (χ0n) is 11.8. The van der Waals surface area contributed by atoms with Crippen molar-refractivity contribution in [3.63, 3.8) is 0 Å². The van der Waals surface area contributed by atoms with Gasteiger partial charge in [-0.15, -0.1) is 0 Å². The Morgan fingerprint density at radius 3 is 2.71 bits per heavy atom. The van der Waals surface area contributed by atoms with Gasteiger partial charge in [-0.2, -0.15) is 0 Å². The highest BCUT2D eigenvalue weighted by Crippen LogP contribution is 2.31. The van der Waals surface area contributed by atoms with E-state index in [4.69, 9.17) is 0 Å². The Bertz CT molecular complexity index is 217. The van der Waals surface area contributed by atoms with E-state index in [9.17, 15) is 0 Å². The van der Waals surface area contributed by atoms with Crippen LogP contribution in [0.1, 0.15) is 52.4 Å². The predicted molar refractivity (Wildman–Crippen MR) is 74.3 cm³/mol. The topological polar surface area (TPSA) is 15.3 Å². The number of nitrogens with one attached hydrogen (secondary N) is 1. The maximum atomic E-state index is 3.67. The van der Waals surface area contributed by atoms with Crippen LogP contribution >= 0.6 is 0 Å². The zero-order valence-corrected chi connectivity index (χ0v) is 11.8. The Hall–Kier alpha value is -0.0800. The van der Waals surface area contributed by atoms with Crippen molar-refractivity contribution in [2.75, 3.05) is 26.2 Å². The average Bonchev–Trinajstić information content (AvgIpc) is 2.69. The molecule has 0 bridgehead atoms. The van der Waals surface area contributed by atoms with Gasteiger partial charge in [-0.05, 0) is 57.2 Å². The first kappa shape index (κ1) is 13.4. The molecule has 3 unspecified atom stereocenters. The normalized spacial score (nSPS) is 36.7. The van der Waals surface area contributed by atoms with Crippen molar-refractivity contribution in [1.82, 2.24) is 10.2 Å². The molecule has 1 N–H and O–H groups in total. The van der Waals surface area contributed by atoms with E-state index < -0.39 is 0 Å². The van der Waals surface area contributed by atoms with Gasteiger partial charge in [-0.1, -0.05) is 26.7 Å². The van der Waals surface area contributed by atoms with E-state index in [1.54, 1.807) is 0 Å². The summed E-state index contributed by atoms with van der Waals surface area (Å²) >= 11 is 0. The van der Waals surface area contributed by atoms with Crippen LogP contribution in [0.25, 0.3) is 0 Å². The maximum Gasteiger partial charge on any atom is 0.00766 e. The van der Waals surface area contributed by atoms with Crippen molar-refractivity contribution >= 4 is 0 Å². The summed E-state index contributed by atoms with van der Waals surface area (Å²) in [6.07, 6.45) is 8.38. The summed E-state index contributed by atoms with van der Waals surface area (Å²) in [5.41, 5.74) is 0. The molecule has 100 valence electrons. The molecular formula is C15H30N2. The van der Waals surface area contributed by atoms with Crippen LogP contribution in [0, 0.1) is 11.8 Å². The van der Waals surface area contributed by atoms with Crippen LogP contribution < -0.4 is 5.32 Å². The highest BCUT2D eigenvalue weighted by atomic mass is 15.1. The van der Waals surface area contributed by atoms with Gasteiger partial charge in [0.15, 0.2) is 0 Å². The Morgan fingerprint density at radius 1 is 1.12 bits per heavy atom. The van der Waals surface area contributed by atoms with E-state index in [1.165, 1.54) is 64.7 Å². The number of nitrogens with zero attached hydrogens (tertiary/aromatic N) is 1. The molecule has 2 rings (SSSR count). The molecule has 1 aliphatic carbocycles. The number of hydrogen-bond acceptors (Lipinski definition) is 2. The fourth-order valence-corrected chi connectivity index (χ4v) is 3.52. The minimum Gasteiger partial charge on any atom is -0.314 e. The molecule has 2 fully saturated rings. The van der Waals surface area contributed by atoms with Crippen LogP contribution in [0.5, 0.6) is 0 Å². The molecule has 0 spiro atoms. The largest absolute Gasteiger partial charge is 0.314 e. The smallest absolute Gasteiger partial charge is 0.00766 e. The summed E-state index contributed by atoms with van der Waals surface area (Å²) in [4.78, 5) is 2.75. The van der Waals surface area contributed by atoms with Gasteiger partial charge in [-0.25, -0.2) is 0 Å². The summed E-state index contributed by atoms with van der Waals surface area (Å²) in [6.45, 7) is 9.98. The first-order chi connectivity index (χ1) is 8.29. The molecule has 3 atom stereocenters. The van der Waals surface area contributed by atoms with Crippen LogP contribution in [-0.2, 0) is 0 Å². The molecule has 0 radical (unpaired) electrons. The highest BCUT2D eigenvalue weighted by Gasteiger charge is 2.25. The Labute approximate surface area is 107 Å².